The van der Waals surface area contributed by atoms with Gasteiger partial charge in [0.1, 0.15) is 36.0 Å². The van der Waals surface area contributed by atoms with E-state index in [-0.39, 0.29) is 60.0 Å². The van der Waals surface area contributed by atoms with Crippen molar-refractivity contribution in [3.05, 3.63) is 60.1 Å². The number of phenols is 1. The van der Waals surface area contributed by atoms with E-state index in [2.05, 4.69) is 32.6 Å². The number of aromatic hydroxyl groups is 1. The molecule has 1 amide bonds. The number of anilines is 1. The minimum atomic E-state index is -0.649. The topological polar surface area (TPSA) is 125 Å². The zero-order valence-electron chi connectivity index (χ0n) is 30.4. The number of fused-ring (bicyclic) bond motifs is 5. The highest BCUT2D eigenvalue weighted by Crippen LogP contribution is 2.45. The number of phenolic OH excluding ortho intramolecular Hbond substituents is 1. The Balaban J connectivity index is 1.04. The molecule has 2 aromatic carbocycles. The molecule has 9 rings (SSSR count). The summed E-state index contributed by atoms with van der Waals surface area (Å²) in [6, 6.07) is 9.22. The van der Waals surface area contributed by atoms with E-state index in [1.54, 1.807) is 36.4 Å². The zero-order valence-corrected chi connectivity index (χ0v) is 30.4. The van der Waals surface area contributed by atoms with Gasteiger partial charge in [-0.1, -0.05) is 30.2 Å². The van der Waals surface area contributed by atoms with Gasteiger partial charge in [-0.15, -0.1) is 6.42 Å². The van der Waals surface area contributed by atoms with E-state index >= 15 is 4.39 Å². The van der Waals surface area contributed by atoms with Gasteiger partial charge in [-0.25, -0.2) is 9.18 Å². The first-order valence-corrected chi connectivity index (χ1v) is 18.8. The van der Waals surface area contributed by atoms with Crippen LogP contribution in [-0.4, -0.2) is 119 Å². The lowest BCUT2D eigenvalue weighted by atomic mass is 9.94. The van der Waals surface area contributed by atoms with Gasteiger partial charge in [0.2, 0.25) is 0 Å². The number of pyridine rings is 1. The lowest BCUT2D eigenvalue weighted by molar-refractivity contribution is 0.0438. The number of rotatable bonds is 8. The summed E-state index contributed by atoms with van der Waals surface area (Å²) in [7, 11) is 1.66. The Labute approximate surface area is 313 Å². The van der Waals surface area contributed by atoms with E-state index < -0.39 is 5.82 Å². The third-order valence-corrected chi connectivity index (χ3v) is 12.1. The number of aromatic nitrogens is 3. The van der Waals surface area contributed by atoms with Crippen molar-refractivity contribution >= 4 is 33.6 Å². The molecule has 5 fully saturated rings. The zero-order chi connectivity index (χ0) is 37.1. The molecule has 5 unspecified atom stereocenters. The van der Waals surface area contributed by atoms with Crippen LogP contribution in [0.15, 0.2) is 48.7 Å². The molecule has 2 aromatic heterocycles. The molecular weight excluding hydrogens is 689 g/mol. The number of halogens is 1. The van der Waals surface area contributed by atoms with Crippen LogP contribution < -0.4 is 15.0 Å². The molecule has 0 saturated carbocycles. The Kier molecular flexibility index (Phi) is 8.79. The molecule has 0 spiro atoms. The summed E-state index contributed by atoms with van der Waals surface area (Å²) in [5.74, 6) is 2.60. The van der Waals surface area contributed by atoms with E-state index in [0.29, 0.717) is 64.8 Å². The fourth-order valence-electron chi connectivity index (χ4n) is 9.50. The highest BCUT2D eigenvalue weighted by atomic mass is 19.1. The van der Waals surface area contributed by atoms with Crippen LogP contribution >= 0.6 is 0 Å². The maximum absolute atomic E-state index is 17.1. The van der Waals surface area contributed by atoms with E-state index in [1.165, 1.54) is 6.07 Å². The molecule has 280 valence electrons. The van der Waals surface area contributed by atoms with Gasteiger partial charge in [0.15, 0.2) is 5.82 Å². The molecule has 2 N–H and O–H groups in total. The fraction of sp³-hybridized carbons (Fsp3) is 0.463. The van der Waals surface area contributed by atoms with Crippen molar-refractivity contribution < 1.29 is 28.5 Å². The number of benzene rings is 2. The molecule has 0 radical (unpaired) electrons. The van der Waals surface area contributed by atoms with Crippen molar-refractivity contribution in [1.82, 2.24) is 30.1 Å². The minimum absolute atomic E-state index is 0.0122. The second-order valence-corrected chi connectivity index (χ2v) is 15.5. The number of hydrogen-bond donors (Lipinski definition) is 2. The van der Waals surface area contributed by atoms with Crippen molar-refractivity contribution in [2.24, 2.45) is 0 Å². The summed E-state index contributed by atoms with van der Waals surface area (Å²) in [4.78, 5) is 33.4. The predicted octanol–water partition coefficient (Wildman–Crippen LogP) is 5.01. The van der Waals surface area contributed by atoms with Gasteiger partial charge in [-0.05, 0) is 62.1 Å². The van der Waals surface area contributed by atoms with Gasteiger partial charge in [-0.2, -0.15) is 9.97 Å². The summed E-state index contributed by atoms with van der Waals surface area (Å²) in [6.07, 6.45) is 12.5. The van der Waals surface area contributed by atoms with Crippen molar-refractivity contribution in [3.8, 4) is 35.4 Å². The molecule has 12 nitrogen and oxygen atoms in total. The smallest absolute Gasteiger partial charge is 0.409 e. The molecule has 2 bridgehead atoms. The number of hydrogen-bond acceptors (Lipinski definition) is 11. The van der Waals surface area contributed by atoms with Crippen LogP contribution in [-0.2, 0) is 9.47 Å². The van der Waals surface area contributed by atoms with Crippen molar-refractivity contribution in [3.63, 3.8) is 0 Å². The summed E-state index contributed by atoms with van der Waals surface area (Å²) < 4.78 is 34.8. The highest BCUT2D eigenvalue weighted by Gasteiger charge is 2.51. The van der Waals surface area contributed by atoms with Gasteiger partial charge in [0, 0.05) is 74.1 Å². The van der Waals surface area contributed by atoms with Crippen LogP contribution in [0, 0.1) is 18.2 Å². The predicted molar refractivity (Wildman–Crippen MR) is 202 cm³/mol. The van der Waals surface area contributed by atoms with E-state index in [9.17, 15) is 9.90 Å². The lowest BCUT2D eigenvalue weighted by Gasteiger charge is -2.35. The standard InChI is InChI=1S/C41H44FN7O5/c1-4-25-6-5-7-26-14-30(50)15-32(34(25)26)36-35(42)37-33(17-43-36)38(48-19-27-8-9-28(20-48)44-27)46-39(45-37)54-23-41-12-10-29(49(41)18-24(2)16-41)22-53-40(51)47-13-11-31(21-47)52-3/h1,5-7,14-15,17,27-29,31,44,50H,2,8-13,16,18-23H2,3H3. The average molecular weight is 734 g/mol. The highest BCUT2D eigenvalue weighted by molar-refractivity contribution is 6.02. The number of terminal acetylenes is 1. The number of nitrogens with one attached hydrogen (secondary N) is 1. The Hall–Kier alpha value is -5.03. The number of nitrogens with zero attached hydrogens (tertiary/aromatic N) is 6. The second-order valence-electron chi connectivity index (χ2n) is 15.5. The van der Waals surface area contributed by atoms with Crippen LogP contribution in [0.2, 0.25) is 0 Å². The van der Waals surface area contributed by atoms with Crippen molar-refractivity contribution in [2.45, 2.75) is 68.3 Å². The second kappa shape index (κ2) is 13.7. The number of ether oxygens (including phenoxy) is 3. The Bertz CT molecular complexity index is 2200. The van der Waals surface area contributed by atoms with E-state index in [4.69, 9.17) is 30.6 Å². The number of carbonyl (C=O) groups is 1. The molecule has 54 heavy (non-hydrogen) atoms. The summed E-state index contributed by atoms with van der Waals surface area (Å²) in [5.41, 5.74) is 1.75. The number of methoxy groups -OCH3 is 1. The SMILES string of the molecule is C#Cc1cccc2cc(O)cc(-c3ncc4c(N5CC6CCC(C5)N6)nc(OCC56CCC(COC(=O)N7CCC(OC)C7)N5CC(=C)C6)nc4c3F)c12. The Morgan fingerprint density at radius 3 is 2.78 bits per heavy atom. The fourth-order valence-corrected chi connectivity index (χ4v) is 9.50. The summed E-state index contributed by atoms with van der Waals surface area (Å²) in [5, 5.41) is 16.1. The molecular formula is C41H44FN7O5. The van der Waals surface area contributed by atoms with Crippen LogP contribution in [0.5, 0.6) is 11.8 Å². The largest absolute Gasteiger partial charge is 0.508 e. The van der Waals surface area contributed by atoms with E-state index in [0.717, 1.165) is 57.2 Å². The maximum atomic E-state index is 17.1. The summed E-state index contributed by atoms with van der Waals surface area (Å²) >= 11 is 0. The van der Waals surface area contributed by atoms with E-state index in [1.807, 2.05) is 6.07 Å². The molecule has 0 aliphatic carbocycles. The van der Waals surface area contributed by atoms with Crippen molar-refractivity contribution in [2.75, 3.05) is 57.9 Å². The Morgan fingerprint density at radius 2 is 2.00 bits per heavy atom. The molecule has 5 aliphatic rings. The van der Waals surface area contributed by atoms with Crippen LogP contribution in [0.1, 0.15) is 44.1 Å². The van der Waals surface area contributed by atoms with Gasteiger partial charge < -0.3 is 34.4 Å². The lowest BCUT2D eigenvalue weighted by Crippen LogP contribution is -2.51. The number of piperazine rings is 1. The van der Waals surface area contributed by atoms with Gasteiger partial charge in [-0.3, -0.25) is 9.88 Å². The Morgan fingerprint density at radius 1 is 1.17 bits per heavy atom. The first kappa shape index (κ1) is 34.7. The maximum Gasteiger partial charge on any atom is 0.409 e. The monoisotopic (exact) mass is 733 g/mol. The molecule has 5 saturated heterocycles. The normalized spacial score (nSPS) is 26.5. The van der Waals surface area contributed by atoms with Crippen molar-refractivity contribution in [1.29, 1.82) is 0 Å². The van der Waals surface area contributed by atoms with Crippen LogP contribution in [0.25, 0.3) is 32.9 Å². The van der Waals surface area contributed by atoms with Crippen LogP contribution in [0.3, 0.4) is 0 Å². The van der Waals surface area contributed by atoms with Gasteiger partial charge in [0.25, 0.3) is 0 Å². The first-order chi connectivity index (χ1) is 26.2. The molecule has 7 heterocycles. The van der Waals surface area contributed by atoms with Gasteiger partial charge >= 0.3 is 12.1 Å². The number of amides is 1. The molecule has 5 aliphatic heterocycles. The summed E-state index contributed by atoms with van der Waals surface area (Å²) in [6.45, 7) is 8.12. The number of carbonyl (C=O) groups excluding carboxylic acids is 1. The average Bonchev–Trinajstić information content (AvgIpc) is 3.95. The quantitative estimate of drug-likeness (QED) is 0.188. The molecule has 5 atom stereocenters. The van der Waals surface area contributed by atoms with Crippen LogP contribution in [0.4, 0.5) is 15.0 Å². The minimum Gasteiger partial charge on any atom is -0.508 e. The first-order valence-electron chi connectivity index (χ1n) is 18.8. The van der Waals surface area contributed by atoms with Gasteiger partial charge in [0.05, 0.1) is 23.6 Å². The number of likely N-dealkylation sites (tertiary alicyclic amines) is 1. The third kappa shape index (κ3) is 6.06. The molecule has 13 heteroatoms. The third-order valence-electron chi connectivity index (χ3n) is 12.1. The molecule has 4 aromatic rings.